The standard InChI is InChI=1S/C19H23N3O4S/c23-22(24)19-10-8-18(9-11-19)20-12-14-21(15-13-20)27(25,26)16-4-7-17-5-2-1-3-6-17/h1-3,5-6,8-11H,4,7,12-16H2. The van der Waals surface area contributed by atoms with E-state index in [1.807, 2.05) is 30.3 Å². The van der Waals surface area contributed by atoms with Gasteiger partial charge in [-0.1, -0.05) is 30.3 Å². The highest BCUT2D eigenvalue weighted by Gasteiger charge is 2.26. The van der Waals surface area contributed by atoms with Gasteiger partial charge in [0, 0.05) is 44.0 Å². The summed E-state index contributed by atoms with van der Waals surface area (Å²) in [5.41, 5.74) is 2.08. The molecule has 0 saturated carbocycles. The molecule has 0 spiro atoms. The first-order valence-corrected chi connectivity index (χ1v) is 10.6. The second-order valence-corrected chi connectivity index (χ2v) is 8.65. The predicted octanol–water partition coefficient (Wildman–Crippen LogP) is 2.68. The van der Waals surface area contributed by atoms with E-state index in [4.69, 9.17) is 0 Å². The molecule has 2 aromatic carbocycles. The summed E-state index contributed by atoms with van der Waals surface area (Å²) in [5, 5.41) is 10.7. The molecule has 0 N–H and O–H groups in total. The summed E-state index contributed by atoms with van der Waals surface area (Å²) in [7, 11) is -3.26. The van der Waals surface area contributed by atoms with E-state index in [1.165, 1.54) is 12.1 Å². The molecule has 1 aliphatic heterocycles. The first-order chi connectivity index (χ1) is 13.0. The van der Waals surface area contributed by atoms with Crippen LogP contribution in [-0.2, 0) is 16.4 Å². The summed E-state index contributed by atoms with van der Waals surface area (Å²) in [6.07, 6.45) is 1.36. The predicted molar refractivity (Wildman–Crippen MR) is 105 cm³/mol. The third kappa shape index (κ3) is 5.05. The third-order valence-electron chi connectivity index (χ3n) is 4.77. The number of piperazine rings is 1. The van der Waals surface area contributed by atoms with Gasteiger partial charge in [0.05, 0.1) is 10.7 Å². The van der Waals surface area contributed by atoms with E-state index in [0.717, 1.165) is 17.7 Å². The minimum Gasteiger partial charge on any atom is -0.369 e. The number of rotatable bonds is 7. The van der Waals surface area contributed by atoms with Crippen LogP contribution in [0.4, 0.5) is 11.4 Å². The molecule has 0 unspecified atom stereocenters. The van der Waals surface area contributed by atoms with E-state index in [2.05, 4.69) is 4.90 Å². The number of nitro benzene ring substituents is 1. The molecule has 0 aromatic heterocycles. The number of nitrogens with zero attached hydrogens (tertiary/aromatic N) is 3. The van der Waals surface area contributed by atoms with Crippen LogP contribution < -0.4 is 4.90 Å². The van der Waals surface area contributed by atoms with Crippen molar-refractivity contribution in [3.05, 3.63) is 70.3 Å². The van der Waals surface area contributed by atoms with Crippen LogP contribution in [0.2, 0.25) is 0 Å². The topological polar surface area (TPSA) is 83.8 Å². The van der Waals surface area contributed by atoms with Crippen molar-refractivity contribution in [1.82, 2.24) is 4.31 Å². The summed E-state index contributed by atoms with van der Waals surface area (Å²) < 4.78 is 26.7. The van der Waals surface area contributed by atoms with E-state index < -0.39 is 14.9 Å². The number of hydrogen-bond acceptors (Lipinski definition) is 5. The number of aryl methyl sites for hydroxylation is 1. The van der Waals surface area contributed by atoms with E-state index in [1.54, 1.807) is 16.4 Å². The molecule has 1 fully saturated rings. The van der Waals surface area contributed by atoms with Gasteiger partial charge in [0.1, 0.15) is 0 Å². The number of hydrogen-bond donors (Lipinski definition) is 0. The van der Waals surface area contributed by atoms with Crippen molar-refractivity contribution in [1.29, 1.82) is 0 Å². The van der Waals surface area contributed by atoms with E-state index >= 15 is 0 Å². The smallest absolute Gasteiger partial charge is 0.269 e. The molecule has 1 heterocycles. The molecule has 0 aliphatic carbocycles. The Kier molecular flexibility index (Phi) is 6.08. The second-order valence-electron chi connectivity index (χ2n) is 6.56. The van der Waals surface area contributed by atoms with Gasteiger partial charge < -0.3 is 4.90 Å². The number of sulfonamides is 1. The molecule has 2 aromatic rings. The van der Waals surface area contributed by atoms with Gasteiger partial charge in [-0.3, -0.25) is 10.1 Å². The highest BCUT2D eigenvalue weighted by atomic mass is 32.2. The number of nitro groups is 1. The Morgan fingerprint density at radius 1 is 0.926 bits per heavy atom. The summed E-state index contributed by atoms with van der Waals surface area (Å²) in [4.78, 5) is 12.4. The van der Waals surface area contributed by atoms with Crippen LogP contribution in [0.15, 0.2) is 54.6 Å². The van der Waals surface area contributed by atoms with Crippen molar-refractivity contribution in [3.63, 3.8) is 0 Å². The van der Waals surface area contributed by atoms with E-state index in [-0.39, 0.29) is 11.4 Å². The van der Waals surface area contributed by atoms with Gasteiger partial charge in [-0.05, 0) is 30.5 Å². The molecule has 8 heteroatoms. The Morgan fingerprint density at radius 2 is 1.56 bits per heavy atom. The zero-order valence-electron chi connectivity index (χ0n) is 15.0. The average molecular weight is 389 g/mol. The van der Waals surface area contributed by atoms with Gasteiger partial charge >= 0.3 is 0 Å². The number of anilines is 1. The second kappa shape index (κ2) is 8.49. The highest BCUT2D eigenvalue weighted by molar-refractivity contribution is 7.89. The van der Waals surface area contributed by atoms with Gasteiger partial charge in [-0.2, -0.15) is 4.31 Å². The normalized spacial score (nSPS) is 15.6. The molecule has 144 valence electrons. The molecule has 0 amide bonds. The maximum absolute atomic E-state index is 12.6. The van der Waals surface area contributed by atoms with E-state index in [9.17, 15) is 18.5 Å². The van der Waals surface area contributed by atoms with Gasteiger partial charge in [-0.15, -0.1) is 0 Å². The molecule has 7 nitrogen and oxygen atoms in total. The van der Waals surface area contributed by atoms with Crippen LogP contribution in [-0.4, -0.2) is 49.6 Å². The van der Waals surface area contributed by atoms with Gasteiger partial charge in [0.15, 0.2) is 0 Å². The lowest BCUT2D eigenvalue weighted by atomic mass is 10.1. The number of non-ortho nitro benzene ring substituents is 1. The van der Waals surface area contributed by atoms with Crippen LogP contribution in [0, 0.1) is 10.1 Å². The highest BCUT2D eigenvalue weighted by Crippen LogP contribution is 2.21. The molecule has 0 radical (unpaired) electrons. The summed E-state index contributed by atoms with van der Waals surface area (Å²) in [6.45, 7) is 2.03. The minimum atomic E-state index is -3.26. The molecule has 3 rings (SSSR count). The quantitative estimate of drug-likeness (QED) is 0.537. The molecule has 0 bridgehead atoms. The van der Waals surface area contributed by atoms with Crippen molar-refractivity contribution >= 4 is 21.4 Å². The zero-order chi connectivity index (χ0) is 19.3. The maximum atomic E-state index is 12.6. The number of benzene rings is 2. The molecular formula is C19H23N3O4S. The van der Waals surface area contributed by atoms with E-state index in [0.29, 0.717) is 32.6 Å². The Morgan fingerprint density at radius 3 is 2.15 bits per heavy atom. The fourth-order valence-electron chi connectivity index (χ4n) is 3.24. The van der Waals surface area contributed by atoms with Crippen molar-refractivity contribution in [2.75, 3.05) is 36.8 Å². The Balaban J connectivity index is 1.50. The molecular weight excluding hydrogens is 366 g/mol. The lowest BCUT2D eigenvalue weighted by molar-refractivity contribution is -0.384. The lowest BCUT2D eigenvalue weighted by Gasteiger charge is -2.35. The summed E-state index contributed by atoms with van der Waals surface area (Å²) in [6, 6.07) is 16.3. The summed E-state index contributed by atoms with van der Waals surface area (Å²) in [5.74, 6) is 0.152. The average Bonchev–Trinajstić information content (AvgIpc) is 2.69. The zero-order valence-corrected chi connectivity index (χ0v) is 15.8. The van der Waals surface area contributed by atoms with Crippen molar-refractivity contribution in [2.45, 2.75) is 12.8 Å². The summed E-state index contributed by atoms with van der Waals surface area (Å²) >= 11 is 0. The van der Waals surface area contributed by atoms with Crippen LogP contribution in [0.25, 0.3) is 0 Å². The first-order valence-electron chi connectivity index (χ1n) is 8.97. The molecule has 1 saturated heterocycles. The minimum absolute atomic E-state index is 0.0541. The molecule has 1 aliphatic rings. The Bertz CT molecular complexity index is 862. The van der Waals surface area contributed by atoms with Crippen molar-refractivity contribution < 1.29 is 13.3 Å². The Hall–Kier alpha value is -2.45. The lowest BCUT2D eigenvalue weighted by Crippen LogP contribution is -2.49. The van der Waals surface area contributed by atoms with Crippen LogP contribution >= 0.6 is 0 Å². The van der Waals surface area contributed by atoms with Crippen LogP contribution in [0.5, 0.6) is 0 Å². The first kappa shape index (κ1) is 19.3. The van der Waals surface area contributed by atoms with Crippen molar-refractivity contribution in [2.24, 2.45) is 0 Å². The van der Waals surface area contributed by atoms with Crippen LogP contribution in [0.1, 0.15) is 12.0 Å². The van der Waals surface area contributed by atoms with Gasteiger partial charge in [0.25, 0.3) is 5.69 Å². The van der Waals surface area contributed by atoms with Crippen LogP contribution in [0.3, 0.4) is 0 Å². The molecule has 27 heavy (non-hydrogen) atoms. The molecule has 0 atom stereocenters. The van der Waals surface area contributed by atoms with Crippen molar-refractivity contribution in [3.8, 4) is 0 Å². The maximum Gasteiger partial charge on any atom is 0.269 e. The Labute approximate surface area is 159 Å². The largest absolute Gasteiger partial charge is 0.369 e. The van der Waals surface area contributed by atoms with Gasteiger partial charge in [0.2, 0.25) is 10.0 Å². The van der Waals surface area contributed by atoms with Gasteiger partial charge in [-0.25, -0.2) is 8.42 Å². The third-order valence-corrected chi connectivity index (χ3v) is 6.72. The monoisotopic (exact) mass is 389 g/mol. The fraction of sp³-hybridized carbons (Fsp3) is 0.368. The SMILES string of the molecule is O=[N+]([O-])c1ccc(N2CCN(S(=O)(=O)CCCc3ccccc3)CC2)cc1. The fourth-order valence-corrected chi connectivity index (χ4v) is 4.73.